The highest BCUT2D eigenvalue weighted by Gasteiger charge is 2.23. The zero-order chi connectivity index (χ0) is 15.3. The highest BCUT2D eigenvalue weighted by Crippen LogP contribution is 2.26. The Morgan fingerprint density at radius 2 is 1.90 bits per heavy atom. The average Bonchev–Trinajstić information content (AvgIpc) is 2.82. The minimum Gasteiger partial charge on any atom is -0.464 e. The molecule has 20 heavy (non-hydrogen) atoms. The predicted molar refractivity (Wildman–Crippen MR) is 79.9 cm³/mol. The third-order valence-corrected chi connectivity index (χ3v) is 4.01. The smallest absolute Gasteiger partial charge is 0.358 e. The lowest BCUT2D eigenvalue weighted by Gasteiger charge is -2.17. The molecule has 0 N–H and O–H groups in total. The van der Waals surface area contributed by atoms with Gasteiger partial charge in [-0.3, -0.25) is 4.79 Å². The first-order valence-electron chi connectivity index (χ1n) is 6.32. The van der Waals surface area contributed by atoms with Crippen molar-refractivity contribution in [3.05, 3.63) is 10.6 Å². The largest absolute Gasteiger partial charge is 0.464 e. The van der Waals surface area contributed by atoms with Crippen LogP contribution in [0.1, 0.15) is 33.5 Å². The molecular formula is C13H21N3O3S. The molecule has 0 amide bonds. The minimum absolute atomic E-state index is 0.111. The van der Waals surface area contributed by atoms with Gasteiger partial charge in [-0.2, -0.15) is 0 Å². The Labute approximate surface area is 123 Å². The lowest BCUT2D eigenvalue weighted by Crippen LogP contribution is -2.23. The van der Waals surface area contributed by atoms with Crippen LogP contribution < -0.4 is 4.90 Å². The molecule has 0 aromatic carbocycles. The summed E-state index contributed by atoms with van der Waals surface area (Å²) in [5.41, 5.74) is 0.111. The van der Waals surface area contributed by atoms with Crippen molar-refractivity contribution >= 4 is 28.2 Å². The quantitative estimate of drug-likeness (QED) is 0.562. The van der Waals surface area contributed by atoms with E-state index in [1.165, 1.54) is 25.4 Å². The first-order valence-corrected chi connectivity index (χ1v) is 7.14. The molecule has 0 bridgehead atoms. The number of esters is 1. The number of rotatable bonds is 7. The maximum atomic E-state index is 11.6. The van der Waals surface area contributed by atoms with Crippen LogP contribution in [-0.4, -0.2) is 63.0 Å². The number of methoxy groups -OCH3 is 1. The van der Waals surface area contributed by atoms with Crippen molar-refractivity contribution in [2.24, 2.45) is 0 Å². The average molecular weight is 299 g/mol. The van der Waals surface area contributed by atoms with Gasteiger partial charge in [-0.1, -0.05) is 11.3 Å². The second-order valence-corrected chi connectivity index (χ2v) is 5.78. The minimum atomic E-state index is -0.570. The van der Waals surface area contributed by atoms with E-state index in [9.17, 15) is 9.59 Å². The van der Waals surface area contributed by atoms with Crippen LogP contribution in [0.5, 0.6) is 0 Å². The van der Waals surface area contributed by atoms with E-state index in [2.05, 4.69) is 14.6 Å². The van der Waals surface area contributed by atoms with Crippen molar-refractivity contribution in [3.8, 4) is 0 Å². The molecule has 0 atom stereocenters. The van der Waals surface area contributed by atoms with Gasteiger partial charge in [0.25, 0.3) is 0 Å². The Kier molecular flexibility index (Phi) is 6.09. The van der Waals surface area contributed by atoms with Crippen molar-refractivity contribution in [1.82, 2.24) is 9.88 Å². The number of anilines is 1. The molecule has 6 nitrogen and oxygen atoms in total. The highest BCUT2D eigenvalue weighted by atomic mass is 32.1. The molecule has 0 fully saturated rings. The summed E-state index contributed by atoms with van der Waals surface area (Å²) in [4.78, 5) is 31.8. The van der Waals surface area contributed by atoms with E-state index in [1.54, 1.807) is 0 Å². The molecule has 0 spiro atoms. The zero-order valence-corrected chi connectivity index (χ0v) is 13.4. The summed E-state index contributed by atoms with van der Waals surface area (Å²) in [5, 5.41) is 0.661. The number of Topliss-reactive ketones (excluding diaryl/α,β-unsaturated/α-hetero) is 1. The number of hydrogen-bond donors (Lipinski definition) is 0. The predicted octanol–water partition coefficient (Wildman–Crippen LogP) is 1.52. The lowest BCUT2D eigenvalue weighted by atomic mass is 10.3. The summed E-state index contributed by atoms with van der Waals surface area (Å²) in [6.45, 7) is 3.21. The second kappa shape index (κ2) is 7.35. The fourth-order valence-corrected chi connectivity index (χ4v) is 2.60. The fourth-order valence-electron chi connectivity index (χ4n) is 1.67. The maximum Gasteiger partial charge on any atom is 0.358 e. The summed E-state index contributed by atoms with van der Waals surface area (Å²) in [5.74, 6) is -0.741. The van der Waals surface area contributed by atoms with Crippen molar-refractivity contribution < 1.29 is 14.3 Å². The van der Waals surface area contributed by atoms with Crippen LogP contribution in [0.2, 0.25) is 0 Å². The number of aromatic nitrogens is 1. The Balaban J connectivity index is 2.85. The molecule has 0 aliphatic rings. The Hall–Kier alpha value is -1.47. The Morgan fingerprint density at radius 1 is 1.25 bits per heavy atom. The van der Waals surface area contributed by atoms with Gasteiger partial charge in [0.05, 0.1) is 7.11 Å². The number of nitrogens with zero attached hydrogens (tertiary/aromatic N) is 3. The van der Waals surface area contributed by atoms with Gasteiger partial charge in [0.1, 0.15) is 4.88 Å². The molecule has 1 aromatic heterocycles. The summed E-state index contributed by atoms with van der Waals surface area (Å²) in [6, 6.07) is 0. The normalized spacial score (nSPS) is 10.7. The molecule has 1 aromatic rings. The van der Waals surface area contributed by atoms with Crippen LogP contribution in [0, 0.1) is 0 Å². The number of ketones is 1. The Bertz CT molecular complexity index is 485. The first-order chi connectivity index (χ1) is 9.36. The maximum absolute atomic E-state index is 11.6. The van der Waals surface area contributed by atoms with Gasteiger partial charge in [-0.15, -0.1) is 0 Å². The second-order valence-electron chi connectivity index (χ2n) is 4.80. The molecule has 1 heterocycles. The third kappa shape index (κ3) is 4.28. The van der Waals surface area contributed by atoms with E-state index >= 15 is 0 Å². The topological polar surface area (TPSA) is 62.7 Å². The van der Waals surface area contributed by atoms with Crippen molar-refractivity contribution in [1.29, 1.82) is 0 Å². The van der Waals surface area contributed by atoms with E-state index in [4.69, 9.17) is 0 Å². The van der Waals surface area contributed by atoms with Crippen molar-refractivity contribution in [2.75, 3.05) is 46.2 Å². The van der Waals surface area contributed by atoms with Crippen LogP contribution in [0.25, 0.3) is 0 Å². The monoisotopic (exact) mass is 299 g/mol. The zero-order valence-electron chi connectivity index (χ0n) is 12.6. The standard InChI is InChI=1S/C13H21N3O3S/c1-9(17)11-10(12(18)19-5)14-13(20-11)16(4)8-6-7-15(2)3/h6-8H2,1-5H3. The van der Waals surface area contributed by atoms with E-state index in [-0.39, 0.29) is 11.5 Å². The molecule has 0 unspecified atom stereocenters. The summed E-state index contributed by atoms with van der Waals surface area (Å²) in [7, 11) is 7.23. The van der Waals surface area contributed by atoms with Gasteiger partial charge in [0.2, 0.25) is 0 Å². The molecule has 0 saturated heterocycles. The molecule has 0 aliphatic carbocycles. The number of carbonyl (C=O) groups is 2. The van der Waals surface area contributed by atoms with E-state index < -0.39 is 5.97 Å². The van der Waals surface area contributed by atoms with E-state index in [0.29, 0.717) is 10.0 Å². The third-order valence-electron chi connectivity index (χ3n) is 2.74. The first kappa shape index (κ1) is 16.6. The van der Waals surface area contributed by atoms with Gasteiger partial charge in [-0.05, 0) is 27.1 Å². The molecule has 0 saturated carbocycles. The Morgan fingerprint density at radius 3 is 2.40 bits per heavy atom. The van der Waals surface area contributed by atoms with Crippen molar-refractivity contribution in [2.45, 2.75) is 13.3 Å². The van der Waals surface area contributed by atoms with Crippen LogP contribution in [0.3, 0.4) is 0 Å². The van der Waals surface area contributed by atoms with Crippen molar-refractivity contribution in [3.63, 3.8) is 0 Å². The number of hydrogen-bond acceptors (Lipinski definition) is 7. The summed E-state index contributed by atoms with van der Waals surface area (Å²) >= 11 is 1.23. The van der Waals surface area contributed by atoms with Crippen LogP contribution >= 0.6 is 11.3 Å². The molecule has 0 radical (unpaired) electrons. The van der Waals surface area contributed by atoms with Gasteiger partial charge in [0.15, 0.2) is 16.6 Å². The molecule has 1 rings (SSSR count). The highest BCUT2D eigenvalue weighted by molar-refractivity contribution is 7.17. The SMILES string of the molecule is COC(=O)c1nc(N(C)CCCN(C)C)sc1C(C)=O. The van der Waals surface area contributed by atoms with Crippen LogP contribution in [-0.2, 0) is 4.74 Å². The van der Waals surface area contributed by atoms with Gasteiger partial charge in [-0.25, -0.2) is 9.78 Å². The van der Waals surface area contributed by atoms with Crippen LogP contribution in [0.15, 0.2) is 0 Å². The molecule has 0 aliphatic heterocycles. The summed E-state index contributed by atoms with van der Waals surface area (Å²) in [6.07, 6.45) is 0.978. The van der Waals surface area contributed by atoms with E-state index in [1.807, 2.05) is 26.0 Å². The number of thiazole rings is 1. The molecule has 112 valence electrons. The summed E-state index contributed by atoms with van der Waals surface area (Å²) < 4.78 is 4.66. The van der Waals surface area contributed by atoms with E-state index in [0.717, 1.165) is 19.5 Å². The molecule has 7 heteroatoms. The molecular weight excluding hydrogens is 278 g/mol. The van der Waals surface area contributed by atoms with Gasteiger partial charge < -0.3 is 14.5 Å². The lowest BCUT2D eigenvalue weighted by molar-refractivity contribution is 0.0591. The van der Waals surface area contributed by atoms with Crippen LogP contribution in [0.4, 0.5) is 5.13 Å². The number of carbonyl (C=O) groups excluding carboxylic acids is 2. The fraction of sp³-hybridized carbons (Fsp3) is 0.615. The number of ether oxygens (including phenoxy) is 1. The van der Waals surface area contributed by atoms with Gasteiger partial charge in [0, 0.05) is 20.5 Å². The van der Waals surface area contributed by atoms with Gasteiger partial charge >= 0.3 is 5.97 Å².